The van der Waals surface area contributed by atoms with Crippen LogP contribution in [0, 0.1) is 0 Å². The van der Waals surface area contributed by atoms with Gasteiger partial charge in [0.2, 0.25) is 5.91 Å². The van der Waals surface area contributed by atoms with E-state index in [1.807, 2.05) is 0 Å². The van der Waals surface area contributed by atoms with Crippen LogP contribution in [0.5, 0.6) is 0 Å². The van der Waals surface area contributed by atoms with Crippen molar-refractivity contribution >= 4 is 39.1 Å². The smallest absolute Gasteiger partial charge is 0.324 e. The molecule has 0 atom stereocenters. The number of nitrogens with one attached hydrogen (secondary N) is 1. The number of carbonyl (C=O) groups excluding carboxylic acids is 1. The van der Waals surface area contributed by atoms with Gasteiger partial charge in [0.05, 0.1) is 16.9 Å². The Bertz CT molecular complexity index is 951. The fourth-order valence-electron chi connectivity index (χ4n) is 2.28. The highest BCUT2D eigenvalue weighted by molar-refractivity contribution is 7.90. The zero-order valence-corrected chi connectivity index (χ0v) is 16.4. The maximum atomic E-state index is 13.2. The van der Waals surface area contributed by atoms with E-state index in [0.717, 1.165) is 14.7 Å². The number of benzene rings is 2. The molecule has 1 N–H and O–H groups in total. The Labute approximate surface area is 165 Å². The standard InChI is InChI=1S/C17H17ClF3N3O3S/c1-23(2)28(26,27)24(13-6-4-3-5-7-13)11-16(25)22-15-9-8-12(18)10-14(15)17(19,20)21/h3-10H,11H2,1-2H3,(H,22,25). The van der Waals surface area contributed by atoms with Crippen LogP contribution in [0.15, 0.2) is 48.5 Å². The minimum atomic E-state index is -4.75. The van der Waals surface area contributed by atoms with Crippen molar-refractivity contribution < 1.29 is 26.4 Å². The van der Waals surface area contributed by atoms with Gasteiger partial charge in [-0.2, -0.15) is 25.9 Å². The summed E-state index contributed by atoms with van der Waals surface area (Å²) in [7, 11) is -1.50. The SMILES string of the molecule is CN(C)S(=O)(=O)N(CC(=O)Nc1ccc(Cl)cc1C(F)(F)F)c1ccccc1. The Morgan fingerprint density at radius 3 is 2.25 bits per heavy atom. The topological polar surface area (TPSA) is 69.7 Å². The van der Waals surface area contributed by atoms with Crippen molar-refractivity contribution in [1.82, 2.24) is 4.31 Å². The number of rotatable bonds is 6. The van der Waals surface area contributed by atoms with Crippen LogP contribution in [0.1, 0.15) is 5.56 Å². The summed E-state index contributed by atoms with van der Waals surface area (Å²) >= 11 is 5.61. The van der Waals surface area contributed by atoms with E-state index >= 15 is 0 Å². The number of hydrogen-bond donors (Lipinski definition) is 1. The van der Waals surface area contributed by atoms with Crippen LogP contribution in [0.3, 0.4) is 0 Å². The second kappa shape index (κ2) is 8.38. The second-order valence-corrected chi connectivity index (χ2v) is 8.37. The molecule has 2 rings (SSSR count). The van der Waals surface area contributed by atoms with Crippen molar-refractivity contribution in [2.75, 3.05) is 30.3 Å². The molecule has 28 heavy (non-hydrogen) atoms. The van der Waals surface area contributed by atoms with Gasteiger partial charge in [-0.15, -0.1) is 0 Å². The van der Waals surface area contributed by atoms with Crippen molar-refractivity contribution in [3.63, 3.8) is 0 Å². The van der Waals surface area contributed by atoms with Gasteiger partial charge in [0.1, 0.15) is 6.54 Å². The Balaban J connectivity index is 2.34. The van der Waals surface area contributed by atoms with E-state index in [1.165, 1.54) is 32.3 Å². The van der Waals surface area contributed by atoms with Gasteiger partial charge in [-0.1, -0.05) is 29.8 Å². The molecular weight excluding hydrogens is 419 g/mol. The zero-order chi connectivity index (χ0) is 21.1. The lowest BCUT2D eigenvalue weighted by atomic mass is 10.1. The maximum absolute atomic E-state index is 13.2. The first-order valence-electron chi connectivity index (χ1n) is 7.85. The van der Waals surface area contributed by atoms with E-state index < -0.39 is 40.1 Å². The Morgan fingerprint density at radius 2 is 1.71 bits per heavy atom. The first-order valence-corrected chi connectivity index (χ1v) is 9.62. The Hall–Kier alpha value is -2.30. The number of amides is 1. The van der Waals surface area contributed by atoms with E-state index in [4.69, 9.17) is 11.6 Å². The Kier molecular flexibility index (Phi) is 6.58. The molecule has 0 heterocycles. The zero-order valence-electron chi connectivity index (χ0n) is 14.9. The summed E-state index contributed by atoms with van der Waals surface area (Å²) in [5, 5.41) is 1.97. The summed E-state index contributed by atoms with van der Waals surface area (Å²) in [6.07, 6.45) is -4.75. The highest BCUT2D eigenvalue weighted by Crippen LogP contribution is 2.36. The van der Waals surface area contributed by atoms with Crippen molar-refractivity contribution in [3.8, 4) is 0 Å². The molecule has 0 bridgehead atoms. The summed E-state index contributed by atoms with van der Waals surface area (Å²) in [5.74, 6) is -0.942. The predicted molar refractivity (Wildman–Crippen MR) is 101 cm³/mol. The molecule has 0 aliphatic heterocycles. The molecule has 0 saturated carbocycles. The van der Waals surface area contributed by atoms with E-state index in [2.05, 4.69) is 5.32 Å². The van der Waals surface area contributed by atoms with E-state index in [9.17, 15) is 26.4 Å². The number of carbonyl (C=O) groups is 1. The van der Waals surface area contributed by atoms with Crippen LogP contribution in [0.4, 0.5) is 24.5 Å². The molecule has 0 aromatic heterocycles. The normalized spacial score (nSPS) is 12.1. The van der Waals surface area contributed by atoms with Crippen molar-refractivity contribution in [2.24, 2.45) is 0 Å². The van der Waals surface area contributed by atoms with Crippen molar-refractivity contribution in [2.45, 2.75) is 6.18 Å². The molecule has 152 valence electrons. The lowest BCUT2D eigenvalue weighted by Gasteiger charge is -2.27. The molecule has 0 spiro atoms. The molecular formula is C17H17ClF3N3O3S. The fraction of sp³-hybridized carbons (Fsp3) is 0.235. The number of nitrogens with zero attached hydrogens (tertiary/aromatic N) is 2. The summed E-state index contributed by atoms with van der Waals surface area (Å²) in [4.78, 5) is 12.4. The van der Waals surface area contributed by atoms with Crippen LogP contribution >= 0.6 is 11.6 Å². The minimum absolute atomic E-state index is 0.147. The average molecular weight is 436 g/mol. The summed E-state index contributed by atoms with van der Waals surface area (Å²) in [5.41, 5.74) is -1.45. The molecule has 0 aliphatic rings. The van der Waals surface area contributed by atoms with Gasteiger partial charge in [0.15, 0.2) is 0 Å². The summed E-state index contributed by atoms with van der Waals surface area (Å²) in [6.45, 7) is -0.718. The van der Waals surface area contributed by atoms with Crippen molar-refractivity contribution in [1.29, 1.82) is 0 Å². The van der Waals surface area contributed by atoms with Crippen LogP contribution in [0.25, 0.3) is 0 Å². The monoisotopic (exact) mass is 435 g/mol. The minimum Gasteiger partial charge on any atom is -0.324 e. The number of anilines is 2. The number of hydrogen-bond acceptors (Lipinski definition) is 3. The maximum Gasteiger partial charge on any atom is 0.418 e. The third-order valence-corrected chi connectivity index (χ3v) is 5.69. The van der Waals surface area contributed by atoms with Gasteiger partial charge in [0, 0.05) is 19.1 Å². The van der Waals surface area contributed by atoms with E-state index in [1.54, 1.807) is 18.2 Å². The Morgan fingerprint density at radius 1 is 1.11 bits per heavy atom. The number of para-hydroxylation sites is 1. The molecule has 2 aromatic carbocycles. The van der Waals surface area contributed by atoms with E-state index in [-0.39, 0.29) is 10.7 Å². The summed E-state index contributed by atoms with van der Waals surface area (Å²) < 4.78 is 66.4. The van der Waals surface area contributed by atoms with Gasteiger partial charge in [-0.25, -0.2) is 4.31 Å². The average Bonchev–Trinajstić information content (AvgIpc) is 2.60. The lowest BCUT2D eigenvalue weighted by Crippen LogP contribution is -2.44. The van der Waals surface area contributed by atoms with Crippen molar-refractivity contribution in [3.05, 3.63) is 59.1 Å². The van der Waals surface area contributed by atoms with Gasteiger partial charge in [-0.05, 0) is 30.3 Å². The molecule has 6 nitrogen and oxygen atoms in total. The van der Waals surface area contributed by atoms with Gasteiger partial charge in [-0.3, -0.25) is 4.79 Å². The molecule has 1 amide bonds. The second-order valence-electron chi connectivity index (χ2n) is 5.87. The quantitative estimate of drug-likeness (QED) is 0.753. The first kappa shape index (κ1) is 22.0. The molecule has 0 radical (unpaired) electrons. The fourth-order valence-corrected chi connectivity index (χ4v) is 3.51. The van der Waals surface area contributed by atoms with Crippen LogP contribution in [-0.2, 0) is 21.2 Å². The molecule has 0 aliphatic carbocycles. The highest BCUT2D eigenvalue weighted by atomic mass is 35.5. The molecule has 0 unspecified atom stereocenters. The molecule has 11 heteroatoms. The molecule has 0 fully saturated rings. The third-order valence-electron chi connectivity index (χ3n) is 3.63. The lowest BCUT2D eigenvalue weighted by molar-refractivity contribution is -0.137. The summed E-state index contributed by atoms with van der Waals surface area (Å²) in [6, 6.07) is 10.6. The highest BCUT2D eigenvalue weighted by Gasteiger charge is 2.35. The predicted octanol–water partition coefficient (Wildman–Crippen LogP) is 3.61. The van der Waals surface area contributed by atoms with Crippen LogP contribution in [0.2, 0.25) is 5.02 Å². The largest absolute Gasteiger partial charge is 0.418 e. The first-order chi connectivity index (χ1) is 12.9. The third kappa shape index (κ3) is 5.15. The molecule has 0 saturated heterocycles. The van der Waals surface area contributed by atoms with Crippen LogP contribution < -0.4 is 9.62 Å². The number of alkyl halides is 3. The van der Waals surface area contributed by atoms with Crippen LogP contribution in [-0.4, -0.2) is 39.3 Å². The van der Waals surface area contributed by atoms with Gasteiger partial charge >= 0.3 is 16.4 Å². The van der Waals surface area contributed by atoms with E-state index in [0.29, 0.717) is 6.07 Å². The molecule has 2 aromatic rings. The van der Waals surface area contributed by atoms with Gasteiger partial charge < -0.3 is 5.32 Å². The number of halogens is 4. The van der Waals surface area contributed by atoms with Gasteiger partial charge in [0.25, 0.3) is 0 Å².